The summed E-state index contributed by atoms with van der Waals surface area (Å²) in [5.41, 5.74) is 2.37. The van der Waals surface area contributed by atoms with E-state index < -0.39 is 6.10 Å². The van der Waals surface area contributed by atoms with Gasteiger partial charge in [0.15, 0.2) is 5.82 Å². The number of halogens is 1. The number of hydrogen-bond donors (Lipinski definition) is 1. The van der Waals surface area contributed by atoms with Crippen molar-refractivity contribution in [3.8, 4) is 5.69 Å². The van der Waals surface area contributed by atoms with E-state index in [0.29, 0.717) is 37.7 Å². The molecule has 2 aliphatic rings. The summed E-state index contributed by atoms with van der Waals surface area (Å²) in [5.74, 6) is -0.0858. The Morgan fingerprint density at radius 1 is 1.13 bits per heavy atom. The molecule has 2 aromatic carbocycles. The molecule has 0 bridgehead atoms. The molecule has 0 radical (unpaired) electrons. The minimum absolute atomic E-state index is 0.199. The predicted octanol–water partition coefficient (Wildman–Crippen LogP) is 3.12. The Morgan fingerprint density at radius 2 is 1.97 bits per heavy atom. The second-order valence-electron chi connectivity index (χ2n) is 7.50. The first-order valence-corrected chi connectivity index (χ1v) is 10.2. The Morgan fingerprint density at radius 3 is 2.73 bits per heavy atom. The number of fused-ring (bicyclic) bond motifs is 1. The van der Waals surface area contributed by atoms with Crippen molar-refractivity contribution in [2.75, 3.05) is 43.1 Å². The minimum Gasteiger partial charge on any atom is -0.378 e. The fourth-order valence-corrected chi connectivity index (χ4v) is 4.09. The monoisotopic (exact) mass is 410 g/mol. The number of carbonyl (C=O) groups excluding carboxylic acids is 1. The lowest BCUT2D eigenvalue weighted by Gasteiger charge is -2.29. The molecular weight excluding hydrogens is 387 g/mol. The van der Waals surface area contributed by atoms with Crippen LogP contribution in [-0.4, -0.2) is 54.7 Å². The van der Waals surface area contributed by atoms with Crippen LogP contribution < -0.4 is 10.2 Å². The smallest absolute Gasteiger partial charge is 0.254 e. The molecule has 30 heavy (non-hydrogen) atoms. The average Bonchev–Trinajstić information content (AvgIpc) is 3.43. The molecule has 8 heteroatoms. The molecule has 1 aromatic heterocycles. The summed E-state index contributed by atoms with van der Waals surface area (Å²) in [6.07, 6.45) is 1.11. The number of hydrogen-bond acceptors (Lipinski definition) is 5. The summed E-state index contributed by atoms with van der Waals surface area (Å²) >= 11 is 0. The van der Waals surface area contributed by atoms with Gasteiger partial charge < -0.3 is 19.7 Å². The first-order valence-electron chi connectivity index (χ1n) is 10.2. The lowest BCUT2D eigenvalue weighted by molar-refractivity contribution is -0.124. The normalized spacial score (nSPS) is 19.4. The van der Waals surface area contributed by atoms with Crippen LogP contribution >= 0.6 is 0 Å². The second kappa shape index (κ2) is 8.04. The molecule has 0 unspecified atom stereocenters. The maximum absolute atomic E-state index is 13.9. The number of anilines is 2. The molecule has 1 atom stereocenters. The molecule has 0 aliphatic carbocycles. The molecule has 1 amide bonds. The number of ether oxygens (including phenoxy) is 2. The highest BCUT2D eigenvalue weighted by molar-refractivity contribution is 6.07. The number of morpholine rings is 1. The van der Waals surface area contributed by atoms with Gasteiger partial charge in [-0.15, -0.1) is 5.10 Å². The Balaban J connectivity index is 1.63. The summed E-state index contributed by atoms with van der Waals surface area (Å²) in [6, 6.07) is 12.2. The van der Waals surface area contributed by atoms with Crippen molar-refractivity contribution in [3.63, 3.8) is 0 Å². The van der Waals surface area contributed by atoms with Gasteiger partial charge in [-0.25, -0.2) is 9.07 Å². The number of amides is 1. The molecule has 3 heterocycles. The van der Waals surface area contributed by atoms with Gasteiger partial charge in [-0.3, -0.25) is 4.79 Å². The SMILES string of the molecule is O=C(Nc1nn(-c2cccc(F)c2)c2cccc(N3CCOCC3)c12)[C@H]1CCCO1. The van der Waals surface area contributed by atoms with Gasteiger partial charge in [0.05, 0.1) is 35.5 Å². The summed E-state index contributed by atoms with van der Waals surface area (Å²) in [5, 5.41) is 8.46. The van der Waals surface area contributed by atoms with E-state index in [1.807, 2.05) is 18.2 Å². The molecule has 0 spiro atoms. The Hall–Kier alpha value is -2.97. The lowest BCUT2D eigenvalue weighted by atomic mass is 10.1. The van der Waals surface area contributed by atoms with Crippen LogP contribution in [0.5, 0.6) is 0 Å². The molecular formula is C22H23FN4O3. The van der Waals surface area contributed by atoms with E-state index in [4.69, 9.17) is 9.47 Å². The minimum atomic E-state index is -0.463. The maximum atomic E-state index is 13.9. The highest BCUT2D eigenvalue weighted by Gasteiger charge is 2.27. The van der Waals surface area contributed by atoms with E-state index in [-0.39, 0.29) is 11.7 Å². The van der Waals surface area contributed by atoms with Gasteiger partial charge in [0.1, 0.15) is 11.9 Å². The standard InChI is InChI=1S/C22H23FN4O3/c23-15-4-1-5-16(14-15)27-18-7-2-6-17(26-9-12-29-13-10-26)20(18)21(25-27)24-22(28)19-8-3-11-30-19/h1-2,4-7,14,19H,3,8-13H2,(H,24,25,28)/t19-/m1/s1. The van der Waals surface area contributed by atoms with Gasteiger partial charge in [-0.05, 0) is 43.2 Å². The van der Waals surface area contributed by atoms with Crippen molar-refractivity contribution in [2.45, 2.75) is 18.9 Å². The highest BCUT2D eigenvalue weighted by atomic mass is 19.1. The van der Waals surface area contributed by atoms with Gasteiger partial charge in [0, 0.05) is 19.7 Å². The van der Waals surface area contributed by atoms with Crippen molar-refractivity contribution >= 4 is 28.3 Å². The Labute approximate surface area is 173 Å². The first kappa shape index (κ1) is 19.0. The first-order chi connectivity index (χ1) is 14.7. The van der Waals surface area contributed by atoms with E-state index in [0.717, 1.165) is 36.1 Å². The quantitative estimate of drug-likeness (QED) is 0.716. The van der Waals surface area contributed by atoms with Crippen LogP contribution in [0.15, 0.2) is 42.5 Å². The van der Waals surface area contributed by atoms with Crippen molar-refractivity contribution in [2.24, 2.45) is 0 Å². The third-order valence-corrected chi connectivity index (χ3v) is 5.55. The number of nitrogens with zero attached hydrogens (tertiary/aromatic N) is 3. The number of rotatable bonds is 4. The molecule has 7 nitrogen and oxygen atoms in total. The van der Waals surface area contributed by atoms with Crippen LogP contribution in [0.1, 0.15) is 12.8 Å². The van der Waals surface area contributed by atoms with E-state index in [2.05, 4.69) is 15.3 Å². The van der Waals surface area contributed by atoms with Crippen LogP contribution in [0.2, 0.25) is 0 Å². The molecule has 2 saturated heterocycles. The number of aromatic nitrogens is 2. The van der Waals surface area contributed by atoms with Gasteiger partial charge in [0.2, 0.25) is 0 Å². The number of nitrogens with one attached hydrogen (secondary N) is 1. The topological polar surface area (TPSA) is 68.6 Å². The second-order valence-corrected chi connectivity index (χ2v) is 7.50. The molecule has 0 saturated carbocycles. The van der Waals surface area contributed by atoms with Crippen molar-refractivity contribution in [3.05, 3.63) is 48.3 Å². The van der Waals surface area contributed by atoms with Crippen LogP contribution in [0.3, 0.4) is 0 Å². The van der Waals surface area contributed by atoms with Crippen molar-refractivity contribution in [1.82, 2.24) is 9.78 Å². The van der Waals surface area contributed by atoms with Gasteiger partial charge in [-0.2, -0.15) is 0 Å². The van der Waals surface area contributed by atoms with E-state index >= 15 is 0 Å². The van der Waals surface area contributed by atoms with Crippen LogP contribution in [-0.2, 0) is 14.3 Å². The molecule has 1 N–H and O–H groups in total. The molecule has 2 fully saturated rings. The highest BCUT2D eigenvalue weighted by Crippen LogP contribution is 2.35. The third-order valence-electron chi connectivity index (χ3n) is 5.55. The summed E-state index contributed by atoms with van der Waals surface area (Å²) in [4.78, 5) is 15.0. The number of benzene rings is 2. The third kappa shape index (κ3) is 3.53. The molecule has 2 aliphatic heterocycles. The van der Waals surface area contributed by atoms with E-state index in [1.165, 1.54) is 12.1 Å². The molecule has 156 valence electrons. The summed E-state index contributed by atoms with van der Waals surface area (Å²) in [7, 11) is 0. The van der Waals surface area contributed by atoms with Crippen LogP contribution in [0, 0.1) is 5.82 Å². The van der Waals surface area contributed by atoms with Gasteiger partial charge in [0.25, 0.3) is 5.91 Å². The summed E-state index contributed by atoms with van der Waals surface area (Å²) in [6.45, 7) is 3.39. The zero-order valence-electron chi connectivity index (χ0n) is 16.5. The predicted molar refractivity (Wildman–Crippen MR) is 112 cm³/mol. The average molecular weight is 410 g/mol. The van der Waals surface area contributed by atoms with E-state index in [9.17, 15) is 9.18 Å². The Bertz CT molecular complexity index is 1070. The zero-order valence-corrected chi connectivity index (χ0v) is 16.5. The Kier molecular flexibility index (Phi) is 5.10. The van der Waals surface area contributed by atoms with Crippen molar-refractivity contribution in [1.29, 1.82) is 0 Å². The molecule has 5 rings (SSSR count). The van der Waals surface area contributed by atoms with Crippen LogP contribution in [0.25, 0.3) is 16.6 Å². The molecule has 3 aromatic rings. The number of carbonyl (C=O) groups is 1. The van der Waals surface area contributed by atoms with Crippen LogP contribution in [0.4, 0.5) is 15.9 Å². The fraction of sp³-hybridized carbons (Fsp3) is 0.364. The van der Waals surface area contributed by atoms with Gasteiger partial charge in [-0.1, -0.05) is 12.1 Å². The largest absolute Gasteiger partial charge is 0.378 e. The van der Waals surface area contributed by atoms with Crippen molar-refractivity contribution < 1.29 is 18.7 Å². The van der Waals surface area contributed by atoms with Gasteiger partial charge >= 0.3 is 0 Å². The fourth-order valence-electron chi connectivity index (χ4n) is 4.09. The van der Waals surface area contributed by atoms with E-state index in [1.54, 1.807) is 16.8 Å². The zero-order chi connectivity index (χ0) is 20.5. The maximum Gasteiger partial charge on any atom is 0.254 e. The lowest BCUT2D eigenvalue weighted by Crippen LogP contribution is -2.36. The summed E-state index contributed by atoms with van der Waals surface area (Å²) < 4.78 is 26.6.